The number of hydrogen-bond donors (Lipinski definition) is 2. The van der Waals surface area contributed by atoms with Crippen molar-refractivity contribution >= 4 is 17.1 Å². The lowest BCUT2D eigenvalue weighted by Crippen LogP contribution is -2.28. The second-order valence-electron chi connectivity index (χ2n) is 9.62. The van der Waals surface area contributed by atoms with Gasteiger partial charge in [0, 0.05) is 23.7 Å². The van der Waals surface area contributed by atoms with E-state index in [2.05, 4.69) is 88.1 Å². The van der Waals surface area contributed by atoms with Crippen LogP contribution < -0.4 is 14.8 Å². The molecule has 3 heterocycles. The van der Waals surface area contributed by atoms with Crippen LogP contribution in [-0.4, -0.2) is 28.8 Å². The molecule has 0 saturated heterocycles. The van der Waals surface area contributed by atoms with Crippen molar-refractivity contribution in [1.82, 2.24) is 20.5 Å². The number of hydrogen-bond acceptors (Lipinski definition) is 5. The highest BCUT2D eigenvalue weighted by atomic mass is 16.5. The summed E-state index contributed by atoms with van der Waals surface area (Å²) >= 11 is 0. The van der Waals surface area contributed by atoms with E-state index in [9.17, 15) is 0 Å². The number of nitrogens with zero attached hydrogens (tertiary/aromatic N) is 2. The molecule has 1 unspecified atom stereocenters. The zero-order chi connectivity index (χ0) is 25.9. The van der Waals surface area contributed by atoms with Gasteiger partial charge >= 0.3 is 0 Å². The van der Waals surface area contributed by atoms with Gasteiger partial charge in [-0.2, -0.15) is 5.10 Å². The number of benzene rings is 3. The van der Waals surface area contributed by atoms with Gasteiger partial charge in [-0.1, -0.05) is 60.7 Å². The number of aryl methyl sites for hydroxylation is 1. The van der Waals surface area contributed by atoms with Crippen molar-refractivity contribution in [3.8, 4) is 22.6 Å². The third kappa shape index (κ3) is 4.91. The molecule has 6 nitrogen and oxygen atoms in total. The van der Waals surface area contributed by atoms with Crippen LogP contribution in [0.15, 0.2) is 85.2 Å². The molecule has 6 heteroatoms. The SMILES string of the molecule is COc1cc2c(cc1OCc1ccccc1)CCNC2/C=C/c1ccc(-c2cnc3[nH]ncc3c2)cc1C. The van der Waals surface area contributed by atoms with E-state index < -0.39 is 0 Å². The molecule has 0 spiro atoms. The molecule has 190 valence electrons. The largest absolute Gasteiger partial charge is 0.493 e. The third-order valence-electron chi connectivity index (χ3n) is 7.12. The summed E-state index contributed by atoms with van der Waals surface area (Å²) < 4.78 is 11.9. The second-order valence-corrected chi connectivity index (χ2v) is 9.62. The predicted molar refractivity (Wildman–Crippen MR) is 151 cm³/mol. The maximum atomic E-state index is 6.15. The molecule has 0 bridgehead atoms. The quantitative estimate of drug-likeness (QED) is 0.269. The zero-order valence-corrected chi connectivity index (χ0v) is 21.6. The number of aromatic nitrogens is 3. The summed E-state index contributed by atoms with van der Waals surface area (Å²) in [7, 11) is 1.70. The van der Waals surface area contributed by atoms with Gasteiger partial charge in [-0.15, -0.1) is 0 Å². The van der Waals surface area contributed by atoms with Crippen molar-refractivity contribution < 1.29 is 9.47 Å². The van der Waals surface area contributed by atoms with Crippen molar-refractivity contribution in [2.24, 2.45) is 0 Å². The molecule has 2 aromatic heterocycles. The van der Waals surface area contributed by atoms with Gasteiger partial charge in [-0.3, -0.25) is 5.10 Å². The minimum absolute atomic E-state index is 0.0996. The first-order valence-corrected chi connectivity index (χ1v) is 12.9. The molecule has 0 saturated carbocycles. The molecular formula is C32H30N4O2. The number of pyridine rings is 1. The third-order valence-corrected chi connectivity index (χ3v) is 7.12. The fraction of sp³-hybridized carbons (Fsp3) is 0.188. The molecule has 1 aliphatic rings. The van der Waals surface area contributed by atoms with E-state index in [0.717, 1.165) is 52.2 Å². The summed E-state index contributed by atoms with van der Waals surface area (Å²) in [6, 6.07) is 23.2. The van der Waals surface area contributed by atoms with Gasteiger partial charge < -0.3 is 14.8 Å². The summed E-state index contributed by atoms with van der Waals surface area (Å²) in [5.74, 6) is 1.54. The Morgan fingerprint density at radius 1 is 0.974 bits per heavy atom. The normalized spacial score (nSPS) is 15.1. The Bertz CT molecular complexity index is 1610. The molecule has 0 aliphatic carbocycles. The Hall–Kier alpha value is -4.42. The molecule has 6 rings (SSSR count). The van der Waals surface area contributed by atoms with E-state index in [-0.39, 0.29) is 6.04 Å². The van der Waals surface area contributed by atoms with Gasteiger partial charge in [0.25, 0.3) is 0 Å². The molecular weight excluding hydrogens is 472 g/mol. The number of rotatable bonds is 7. The minimum atomic E-state index is 0.0996. The number of aromatic amines is 1. The average molecular weight is 503 g/mol. The van der Waals surface area contributed by atoms with E-state index in [0.29, 0.717) is 6.61 Å². The van der Waals surface area contributed by atoms with Crippen LogP contribution in [0.4, 0.5) is 0 Å². The van der Waals surface area contributed by atoms with Crippen molar-refractivity contribution in [2.45, 2.75) is 26.0 Å². The van der Waals surface area contributed by atoms with Gasteiger partial charge in [0.2, 0.25) is 0 Å². The molecule has 1 atom stereocenters. The Kier molecular flexibility index (Phi) is 6.63. The summed E-state index contributed by atoms with van der Waals surface area (Å²) in [6.45, 7) is 3.57. The van der Waals surface area contributed by atoms with E-state index in [4.69, 9.17) is 9.47 Å². The Morgan fingerprint density at radius 2 is 1.87 bits per heavy atom. The van der Waals surface area contributed by atoms with Crippen LogP contribution in [0.3, 0.4) is 0 Å². The predicted octanol–water partition coefficient (Wildman–Crippen LogP) is 6.42. The molecule has 2 N–H and O–H groups in total. The first-order valence-electron chi connectivity index (χ1n) is 12.9. The van der Waals surface area contributed by atoms with Crippen LogP contribution in [-0.2, 0) is 13.0 Å². The van der Waals surface area contributed by atoms with Gasteiger partial charge in [0.05, 0.1) is 19.3 Å². The van der Waals surface area contributed by atoms with Crippen molar-refractivity contribution in [1.29, 1.82) is 0 Å². The summed E-state index contributed by atoms with van der Waals surface area (Å²) in [4.78, 5) is 4.48. The Labute approximate surface area is 222 Å². The van der Waals surface area contributed by atoms with Crippen LogP contribution in [0.2, 0.25) is 0 Å². The van der Waals surface area contributed by atoms with Gasteiger partial charge in [0.15, 0.2) is 17.1 Å². The summed E-state index contributed by atoms with van der Waals surface area (Å²) in [6.07, 6.45) is 9.09. The zero-order valence-electron chi connectivity index (χ0n) is 21.6. The Balaban J connectivity index is 1.22. The highest BCUT2D eigenvalue weighted by Crippen LogP contribution is 2.36. The van der Waals surface area contributed by atoms with Gasteiger partial charge in [-0.25, -0.2) is 4.98 Å². The van der Waals surface area contributed by atoms with E-state index in [1.165, 1.54) is 22.3 Å². The van der Waals surface area contributed by atoms with Crippen molar-refractivity contribution in [2.75, 3.05) is 13.7 Å². The summed E-state index contributed by atoms with van der Waals surface area (Å²) in [5.41, 5.74) is 9.08. The lowest BCUT2D eigenvalue weighted by atomic mass is 9.92. The van der Waals surface area contributed by atoms with Gasteiger partial charge in [-0.05, 0) is 64.9 Å². The number of fused-ring (bicyclic) bond motifs is 2. The second kappa shape index (κ2) is 10.5. The highest BCUT2D eigenvalue weighted by molar-refractivity contribution is 5.80. The number of ether oxygens (including phenoxy) is 2. The number of H-pyrrole nitrogens is 1. The maximum Gasteiger partial charge on any atom is 0.161 e. The van der Waals surface area contributed by atoms with E-state index >= 15 is 0 Å². The van der Waals surface area contributed by atoms with Gasteiger partial charge in [0.1, 0.15) is 6.61 Å². The van der Waals surface area contributed by atoms with Crippen molar-refractivity contribution in [3.05, 3.63) is 113 Å². The van der Waals surface area contributed by atoms with E-state index in [1.54, 1.807) is 13.3 Å². The fourth-order valence-corrected chi connectivity index (χ4v) is 5.01. The first-order chi connectivity index (χ1) is 18.7. The monoisotopic (exact) mass is 502 g/mol. The standard InChI is InChI=1S/C32H30N4O2/c1-21-14-24(26-15-27-19-35-36-32(27)34-18-26)9-8-23(21)10-11-29-28-17-30(37-2)31(16-25(28)12-13-33-29)38-20-22-6-4-3-5-7-22/h3-11,14-19,29,33H,12-13,20H2,1-2H3,(H,34,35,36)/b11-10+. The fourth-order valence-electron chi connectivity index (χ4n) is 5.01. The maximum absolute atomic E-state index is 6.15. The molecule has 0 fully saturated rings. The lowest BCUT2D eigenvalue weighted by Gasteiger charge is -2.26. The molecule has 1 aliphatic heterocycles. The highest BCUT2D eigenvalue weighted by Gasteiger charge is 2.21. The van der Waals surface area contributed by atoms with Crippen LogP contribution in [0.25, 0.3) is 28.2 Å². The topological polar surface area (TPSA) is 72.1 Å². The lowest BCUT2D eigenvalue weighted by molar-refractivity contribution is 0.283. The number of nitrogens with one attached hydrogen (secondary N) is 2. The summed E-state index contributed by atoms with van der Waals surface area (Å²) in [5, 5.41) is 11.6. The van der Waals surface area contributed by atoms with Crippen LogP contribution in [0, 0.1) is 6.92 Å². The smallest absolute Gasteiger partial charge is 0.161 e. The minimum Gasteiger partial charge on any atom is -0.493 e. The van der Waals surface area contributed by atoms with E-state index in [1.807, 2.05) is 24.4 Å². The van der Waals surface area contributed by atoms with Crippen molar-refractivity contribution in [3.63, 3.8) is 0 Å². The average Bonchev–Trinajstić information content (AvgIpc) is 3.43. The molecule has 0 amide bonds. The Morgan fingerprint density at radius 3 is 2.71 bits per heavy atom. The molecule has 3 aromatic carbocycles. The molecule has 38 heavy (non-hydrogen) atoms. The molecule has 5 aromatic rings. The van der Waals surface area contributed by atoms with Crippen LogP contribution in [0.5, 0.6) is 11.5 Å². The number of methoxy groups -OCH3 is 1. The first kappa shape index (κ1) is 23.9. The van der Waals surface area contributed by atoms with Crippen LogP contribution in [0.1, 0.15) is 33.9 Å². The van der Waals surface area contributed by atoms with Crippen LogP contribution >= 0.6 is 0 Å². The molecule has 0 radical (unpaired) electrons.